The summed E-state index contributed by atoms with van der Waals surface area (Å²) in [7, 11) is 0. The van der Waals surface area contributed by atoms with Crippen LogP contribution in [0.5, 0.6) is 0 Å². The predicted octanol–water partition coefficient (Wildman–Crippen LogP) is 2.46. The molecule has 0 atom stereocenters. The van der Waals surface area contributed by atoms with E-state index in [0.29, 0.717) is 36.2 Å². The lowest BCUT2D eigenvalue weighted by atomic mass is 10.1. The summed E-state index contributed by atoms with van der Waals surface area (Å²) < 4.78 is 0.676. The van der Waals surface area contributed by atoms with Crippen molar-refractivity contribution in [2.75, 3.05) is 26.2 Å². The molecule has 1 fully saturated rings. The molecule has 2 aromatic rings. The molecule has 0 bridgehead atoms. The van der Waals surface area contributed by atoms with Gasteiger partial charge in [-0.25, -0.2) is 4.79 Å². The summed E-state index contributed by atoms with van der Waals surface area (Å²) in [6, 6.07) is 12.5. The molecule has 0 aromatic heterocycles. The minimum atomic E-state index is -0.504. The van der Waals surface area contributed by atoms with Gasteiger partial charge in [0.05, 0.1) is 0 Å². The van der Waals surface area contributed by atoms with E-state index in [0.717, 1.165) is 10.8 Å². The Morgan fingerprint density at radius 1 is 1.05 bits per heavy atom. The molecule has 1 aliphatic rings. The quantitative estimate of drug-likeness (QED) is 0.822. The zero-order valence-corrected chi connectivity index (χ0v) is 12.7. The topological polar surface area (TPSA) is 52.7 Å². The number of carbonyl (C=O) groups excluding carboxylic acids is 2. The second-order valence-electron chi connectivity index (χ2n) is 5.17. The second kappa shape index (κ2) is 6.34. The molecule has 0 aliphatic carbocycles. The van der Waals surface area contributed by atoms with Gasteiger partial charge in [-0.2, -0.15) is 4.42 Å². The van der Waals surface area contributed by atoms with Gasteiger partial charge in [0.1, 0.15) is 0 Å². The van der Waals surface area contributed by atoms with Crippen LogP contribution in [-0.4, -0.2) is 47.4 Å². The van der Waals surface area contributed by atoms with E-state index in [4.69, 9.17) is 11.8 Å². The zero-order valence-electron chi connectivity index (χ0n) is 12.0. The third kappa shape index (κ3) is 2.91. The molecule has 0 unspecified atom stereocenters. The molecule has 1 saturated heterocycles. The van der Waals surface area contributed by atoms with Crippen LogP contribution in [0.2, 0.25) is 0 Å². The first-order valence-corrected chi connectivity index (χ1v) is 7.49. The highest BCUT2D eigenvalue weighted by atomic mass is 35.5. The highest BCUT2D eigenvalue weighted by molar-refractivity contribution is 6.32. The molecule has 5 nitrogen and oxygen atoms in total. The fraction of sp³-hybridized carbons (Fsp3) is 0.250. The van der Waals surface area contributed by atoms with Crippen molar-refractivity contribution >= 4 is 34.5 Å². The van der Waals surface area contributed by atoms with Crippen LogP contribution < -0.4 is 5.32 Å². The normalized spacial score (nSPS) is 14.9. The highest BCUT2D eigenvalue weighted by Crippen LogP contribution is 2.18. The van der Waals surface area contributed by atoms with Gasteiger partial charge in [0.15, 0.2) is 0 Å². The van der Waals surface area contributed by atoms with Gasteiger partial charge in [-0.15, -0.1) is 0 Å². The SMILES string of the molecule is O=C(c1ccc2ccccc2c1)N(Cl)C(=O)N1CCNCC1. The zero-order chi connectivity index (χ0) is 15.5. The molecule has 114 valence electrons. The third-order valence-electron chi connectivity index (χ3n) is 3.73. The Hall–Kier alpha value is -2.11. The van der Waals surface area contributed by atoms with E-state index in [1.54, 1.807) is 17.0 Å². The second-order valence-corrected chi connectivity index (χ2v) is 5.51. The summed E-state index contributed by atoms with van der Waals surface area (Å²) in [4.78, 5) is 26.2. The minimum absolute atomic E-state index is 0.400. The molecular weight excluding hydrogens is 302 g/mol. The molecular formula is C16H16ClN3O2. The van der Waals surface area contributed by atoms with Crippen LogP contribution in [0, 0.1) is 0 Å². The lowest BCUT2D eigenvalue weighted by molar-refractivity contribution is 0.0858. The number of imide groups is 1. The molecule has 3 amide bonds. The van der Waals surface area contributed by atoms with Crippen molar-refractivity contribution < 1.29 is 9.59 Å². The number of rotatable bonds is 1. The van der Waals surface area contributed by atoms with Crippen molar-refractivity contribution in [2.24, 2.45) is 0 Å². The molecule has 0 saturated carbocycles. The molecule has 0 radical (unpaired) electrons. The maximum atomic E-state index is 12.4. The number of nitrogens with one attached hydrogen (secondary N) is 1. The minimum Gasteiger partial charge on any atom is -0.321 e. The van der Waals surface area contributed by atoms with Crippen LogP contribution in [0.1, 0.15) is 10.4 Å². The number of hydrogen-bond acceptors (Lipinski definition) is 3. The number of urea groups is 1. The Balaban J connectivity index is 1.80. The fourth-order valence-electron chi connectivity index (χ4n) is 2.50. The highest BCUT2D eigenvalue weighted by Gasteiger charge is 2.27. The first-order chi connectivity index (χ1) is 10.7. The predicted molar refractivity (Wildman–Crippen MR) is 85.8 cm³/mol. The maximum Gasteiger partial charge on any atom is 0.342 e. The molecule has 0 spiro atoms. The van der Waals surface area contributed by atoms with Crippen LogP contribution in [0.15, 0.2) is 42.5 Å². The van der Waals surface area contributed by atoms with Gasteiger partial charge >= 0.3 is 6.03 Å². The first-order valence-electron chi connectivity index (χ1n) is 7.15. The van der Waals surface area contributed by atoms with Gasteiger partial charge in [-0.3, -0.25) is 4.79 Å². The Bertz CT molecular complexity index is 713. The van der Waals surface area contributed by atoms with Crippen molar-refractivity contribution in [1.29, 1.82) is 0 Å². The third-order valence-corrected chi connectivity index (χ3v) is 4.03. The van der Waals surface area contributed by atoms with E-state index < -0.39 is 11.9 Å². The molecule has 1 heterocycles. The van der Waals surface area contributed by atoms with Crippen LogP contribution in [-0.2, 0) is 0 Å². The summed E-state index contributed by atoms with van der Waals surface area (Å²) in [5.41, 5.74) is 0.400. The van der Waals surface area contributed by atoms with Crippen molar-refractivity contribution in [3.63, 3.8) is 0 Å². The molecule has 2 aromatic carbocycles. The number of hydrogen-bond donors (Lipinski definition) is 1. The summed E-state index contributed by atoms with van der Waals surface area (Å²) in [5, 5.41) is 5.12. The van der Waals surface area contributed by atoms with Gasteiger partial charge in [0.2, 0.25) is 0 Å². The number of fused-ring (bicyclic) bond motifs is 1. The lowest BCUT2D eigenvalue weighted by Crippen LogP contribution is -2.50. The Morgan fingerprint density at radius 2 is 1.73 bits per heavy atom. The number of halogens is 1. The Kier molecular flexibility index (Phi) is 4.27. The number of benzene rings is 2. The van der Waals surface area contributed by atoms with Crippen molar-refractivity contribution in [2.45, 2.75) is 0 Å². The van der Waals surface area contributed by atoms with Crippen molar-refractivity contribution in [1.82, 2.24) is 14.6 Å². The van der Waals surface area contributed by atoms with Crippen molar-refractivity contribution in [3.8, 4) is 0 Å². The van der Waals surface area contributed by atoms with E-state index in [2.05, 4.69) is 5.32 Å². The maximum absolute atomic E-state index is 12.4. The van der Waals surface area contributed by atoms with E-state index in [9.17, 15) is 9.59 Å². The van der Waals surface area contributed by atoms with Crippen LogP contribution >= 0.6 is 11.8 Å². The van der Waals surface area contributed by atoms with Gasteiger partial charge in [0, 0.05) is 43.5 Å². The molecule has 1 N–H and O–H groups in total. The average molecular weight is 318 g/mol. The molecule has 6 heteroatoms. The Morgan fingerprint density at radius 3 is 2.45 bits per heavy atom. The summed E-state index contributed by atoms with van der Waals surface area (Å²) >= 11 is 5.97. The molecule has 1 aliphatic heterocycles. The standard InChI is InChI=1S/C16H16ClN3O2/c17-20(16(22)19-9-7-18-8-10-19)15(21)14-6-5-12-3-1-2-4-13(12)11-14/h1-6,11,18H,7-10H2. The van der Waals surface area contributed by atoms with E-state index in [-0.39, 0.29) is 0 Å². The van der Waals surface area contributed by atoms with E-state index in [1.807, 2.05) is 30.3 Å². The number of nitrogens with zero attached hydrogens (tertiary/aromatic N) is 2. The summed E-state index contributed by atoms with van der Waals surface area (Å²) in [6.45, 7) is 2.52. The Labute approximate surface area is 133 Å². The van der Waals surface area contributed by atoms with Crippen LogP contribution in [0.4, 0.5) is 4.79 Å². The van der Waals surface area contributed by atoms with Gasteiger partial charge < -0.3 is 10.2 Å². The fourth-order valence-corrected chi connectivity index (χ4v) is 2.71. The van der Waals surface area contributed by atoms with Crippen molar-refractivity contribution in [3.05, 3.63) is 48.0 Å². The first kappa shape index (κ1) is 14.8. The van der Waals surface area contributed by atoms with Crippen LogP contribution in [0.3, 0.4) is 0 Å². The molecule has 3 rings (SSSR count). The van der Waals surface area contributed by atoms with E-state index in [1.165, 1.54) is 0 Å². The molecule has 22 heavy (non-hydrogen) atoms. The smallest absolute Gasteiger partial charge is 0.321 e. The largest absolute Gasteiger partial charge is 0.342 e. The van der Waals surface area contributed by atoms with Gasteiger partial charge in [0.25, 0.3) is 5.91 Å². The van der Waals surface area contributed by atoms with Gasteiger partial charge in [-0.1, -0.05) is 30.3 Å². The number of carbonyl (C=O) groups is 2. The lowest BCUT2D eigenvalue weighted by Gasteiger charge is -2.29. The van der Waals surface area contributed by atoms with E-state index >= 15 is 0 Å². The summed E-state index contributed by atoms with van der Waals surface area (Å²) in [6.07, 6.45) is 0. The average Bonchev–Trinajstić information content (AvgIpc) is 2.60. The van der Waals surface area contributed by atoms with Gasteiger partial charge in [-0.05, 0) is 22.9 Å². The number of amides is 3. The monoisotopic (exact) mass is 317 g/mol. The summed E-state index contributed by atoms with van der Waals surface area (Å²) in [5.74, 6) is -0.504. The van der Waals surface area contributed by atoms with Crippen LogP contribution in [0.25, 0.3) is 10.8 Å². The number of piperazine rings is 1.